The van der Waals surface area contributed by atoms with Gasteiger partial charge in [-0.2, -0.15) is 0 Å². The van der Waals surface area contributed by atoms with Crippen molar-refractivity contribution in [3.63, 3.8) is 0 Å². The number of hydrogen-bond acceptors (Lipinski definition) is 6. The molecule has 0 spiro atoms. The Balaban J connectivity index is 5.37. The van der Waals surface area contributed by atoms with Gasteiger partial charge in [0, 0.05) is 0 Å². The number of rotatable bonds is 9. The monoisotopic (exact) mass is 429 g/mol. The first-order valence-electron chi connectivity index (χ1n) is 10.2. The van der Waals surface area contributed by atoms with E-state index < -0.39 is 47.5 Å². The van der Waals surface area contributed by atoms with Crippen LogP contribution in [0.3, 0.4) is 0 Å². The zero-order chi connectivity index (χ0) is 23.8. The molecule has 10 heteroatoms. The molecule has 4 amide bonds. The van der Waals surface area contributed by atoms with Gasteiger partial charge in [-0.25, -0.2) is 10.6 Å². The van der Waals surface area contributed by atoms with Crippen LogP contribution in [0.2, 0.25) is 0 Å². The van der Waals surface area contributed by atoms with Crippen molar-refractivity contribution in [3.05, 3.63) is 0 Å². The average Bonchev–Trinajstić information content (AvgIpc) is 2.58. The van der Waals surface area contributed by atoms with Crippen LogP contribution >= 0.6 is 0 Å². The quantitative estimate of drug-likeness (QED) is 0.208. The standard InChI is InChI=1S/C20H39N5O5/c1-10(2)13(16(26)23-15(12(5)6)18(28)25-21)22-17(27)14(11(3)4)24-19(29)30-20(7,8)9/h10-15H,21H2,1-9H3,(H,22,27)(H,23,26)(H,24,29)(H,25,28)/t13-,14-,15+/m1/s1. The molecule has 0 aromatic carbocycles. The molecule has 0 fully saturated rings. The maximum atomic E-state index is 12.9. The molecule has 0 radical (unpaired) electrons. The maximum absolute atomic E-state index is 12.9. The summed E-state index contributed by atoms with van der Waals surface area (Å²) in [5.74, 6) is 2.91. The van der Waals surface area contributed by atoms with Crippen LogP contribution in [0.5, 0.6) is 0 Å². The minimum atomic E-state index is -0.911. The third kappa shape index (κ3) is 9.43. The molecule has 0 saturated carbocycles. The maximum Gasteiger partial charge on any atom is 0.408 e. The fraction of sp³-hybridized carbons (Fsp3) is 0.800. The summed E-state index contributed by atoms with van der Waals surface area (Å²) >= 11 is 0. The highest BCUT2D eigenvalue weighted by atomic mass is 16.6. The second kappa shape index (κ2) is 11.7. The molecule has 6 N–H and O–H groups in total. The molecule has 3 atom stereocenters. The van der Waals surface area contributed by atoms with Crippen molar-refractivity contribution in [3.8, 4) is 0 Å². The molecule has 0 aliphatic heterocycles. The Labute approximate surface area is 179 Å². The second-order valence-electron chi connectivity index (χ2n) is 9.34. The molecule has 0 aliphatic carbocycles. The largest absolute Gasteiger partial charge is 0.444 e. The van der Waals surface area contributed by atoms with Crippen molar-refractivity contribution in [1.82, 2.24) is 21.4 Å². The summed E-state index contributed by atoms with van der Waals surface area (Å²) in [6.07, 6.45) is -0.721. The van der Waals surface area contributed by atoms with Gasteiger partial charge in [-0.3, -0.25) is 19.8 Å². The van der Waals surface area contributed by atoms with E-state index >= 15 is 0 Å². The molecular weight excluding hydrogens is 390 g/mol. The van der Waals surface area contributed by atoms with Crippen LogP contribution in [0, 0.1) is 17.8 Å². The lowest BCUT2D eigenvalue weighted by molar-refractivity contribution is -0.134. The Morgan fingerprint density at radius 2 is 1.00 bits per heavy atom. The van der Waals surface area contributed by atoms with Crippen molar-refractivity contribution >= 4 is 23.8 Å². The molecule has 0 unspecified atom stereocenters. The zero-order valence-corrected chi connectivity index (χ0v) is 19.6. The summed E-state index contributed by atoms with van der Waals surface area (Å²) in [6.45, 7) is 15.8. The number of hydrogen-bond donors (Lipinski definition) is 5. The average molecular weight is 430 g/mol. The lowest BCUT2D eigenvalue weighted by Crippen LogP contribution is -2.60. The van der Waals surface area contributed by atoms with Crippen LogP contribution < -0.4 is 27.2 Å². The third-order valence-corrected chi connectivity index (χ3v) is 4.26. The van der Waals surface area contributed by atoms with E-state index in [4.69, 9.17) is 10.6 Å². The summed E-state index contributed by atoms with van der Waals surface area (Å²) in [5.41, 5.74) is 1.32. The van der Waals surface area contributed by atoms with Crippen molar-refractivity contribution in [2.75, 3.05) is 0 Å². The summed E-state index contributed by atoms with van der Waals surface area (Å²) in [7, 11) is 0. The topological polar surface area (TPSA) is 152 Å². The Kier molecular flexibility index (Phi) is 10.8. The molecule has 0 bridgehead atoms. The van der Waals surface area contributed by atoms with Crippen LogP contribution in [0.4, 0.5) is 4.79 Å². The van der Waals surface area contributed by atoms with Crippen molar-refractivity contribution < 1.29 is 23.9 Å². The predicted molar refractivity (Wildman–Crippen MR) is 114 cm³/mol. The molecule has 0 aliphatic rings. The third-order valence-electron chi connectivity index (χ3n) is 4.26. The Hall–Kier alpha value is -2.36. The van der Waals surface area contributed by atoms with Gasteiger partial charge < -0.3 is 20.7 Å². The highest BCUT2D eigenvalue weighted by molar-refractivity contribution is 5.94. The van der Waals surface area contributed by atoms with E-state index in [0.29, 0.717) is 0 Å². The zero-order valence-electron chi connectivity index (χ0n) is 19.6. The first kappa shape index (κ1) is 27.6. The van der Waals surface area contributed by atoms with E-state index in [1.807, 2.05) is 5.43 Å². The smallest absolute Gasteiger partial charge is 0.408 e. The lowest BCUT2D eigenvalue weighted by Gasteiger charge is -2.29. The van der Waals surface area contributed by atoms with Gasteiger partial charge in [0.15, 0.2) is 0 Å². The van der Waals surface area contributed by atoms with E-state index in [1.165, 1.54) is 0 Å². The van der Waals surface area contributed by atoms with Gasteiger partial charge in [-0.1, -0.05) is 41.5 Å². The molecule has 0 heterocycles. The minimum Gasteiger partial charge on any atom is -0.444 e. The lowest BCUT2D eigenvalue weighted by atomic mass is 9.98. The van der Waals surface area contributed by atoms with Gasteiger partial charge >= 0.3 is 6.09 Å². The molecular formula is C20H39N5O5. The molecule has 0 aromatic rings. The highest BCUT2D eigenvalue weighted by Gasteiger charge is 2.33. The number of carbonyl (C=O) groups excluding carboxylic acids is 4. The van der Waals surface area contributed by atoms with Crippen molar-refractivity contribution in [1.29, 1.82) is 0 Å². The van der Waals surface area contributed by atoms with Gasteiger partial charge in [-0.15, -0.1) is 0 Å². The SMILES string of the molecule is CC(C)[C@H](NC(=O)[C@H](NC(=O)[C@H](NC(=O)OC(C)(C)C)C(C)C)C(C)C)C(=O)NN. The number of nitrogens with two attached hydrogens (primary N) is 1. The summed E-state index contributed by atoms with van der Waals surface area (Å²) in [4.78, 5) is 49.7. The molecule has 174 valence electrons. The van der Waals surface area contributed by atoms with E-state index in [1.54, 1.807) is 62.3 Å². The minimum absolute atomic E-state index is 0.210. The van der Waals surface area contributed by atoms with E-state index in [-0.39, 0.29) is 17.8 Å². The Bertz CT molecular complexity index is 613. The fourth-order valence-electron chi connectivity index (χ4n) is 2.62. The van der Waals surface area contributed by atoms with Gasteiger partial charge in [0.25, 0.3) is 5.91 Å². The highest BCUT2D eigenvalue weighted by Crippen LogP contribution is 2.11. The van der Waals surface area contributed by atoms with Crippen molar-refractivity contribution in [2.24, 2.45) is 23.6 Å². The van der Waals surface area contributed by atoms with Gasteiger partial charge in [0.1, 0.15) is 23.7 Å². The first-order valence-corrected chi connectivity index (χ1v) is 10.2. The Morgan fingerprint density at radius 1 is 0.667 bits per heavy atom. The number of amides is 4. The molecule has 0 rings (SSSR count). The summed E-state index contributed by atoms with van der Waals surface area (Å²) < 4.78 is 5.22. The van der Waals surface area contributed by atoms with Crippen LogP contribution in [0.1, 0.15) is 62.3 Å². The molecule has 30 heavy (non-hydrogen) atoms. The summed E-state index contributed by atoms with van der Waals surface area (Å²) in [5, 5.41) is 7.88. The number of ether oxygens (including phenoxy) is 1. The second-order valence-corrected chi connectivity index (χ2v) is 9.34. The number of carbonyl (C=O) groups is 4. The Morgan fingerprint density at radius 3 is 1.30 bits per heavy atom. The van der Waals surface area contributed by atoms with Gasteiger partial charge in [-0.05, 0) is 38.5 Å². The number of alkyl carbamates (subject to hydrolysis) is 1. The van der Waals surface area contributed by atoms with Crippen LogP contribution in [-0.2, 0) is 19.1 Å². The first-order chi connectivity index (χ1) is 13.6. The van der Waals surface area contributed by atoms with Crippen LogP contribution in [0.15, 0.2) is 0 Å². The molecule has 10 nitrogen and oxygen atoms in total. The van der Waals surface area contributed by atoms with E-state index in [9.17, 15) is 19.2 Å². The number of hydrazine groups is 1. The fourth-order valence-corrected chi connectivity index (χ4v) is 2.62. The van der Waals surface area contributed by atoms with Gasteiger partial charge in [0.2, 0.25) is 11.8 Å². The van der Waals surface area contributed by atoms with Crippen LogP contribution in [0.25, 0.3) is 0 Å². The normalized spacial score (nSPS) is 14.7. The van der Waals surface area contributed by atoms with Gasteiger partial charge in [0.05, 0.1) is 0 Å². The summed E-state index contributed by atoms with van der Waals surface area (Å²) in [6, 6.07) is -2.66. The molecule has 0 aromatic heterocycles. The van der Waals surface area contributed by atoms with Crippen LogP contribution in [-0.4, -0.2) is 47.5 Å². The van der Waals surface area contributed by atoms with Crippen molar-refractivity contribution in [2.45, 2.75) is 86.0 Å². The van der Waals surface area contributed by atoms with E-state index in [2.05, 4.69) is 16.0 Å². The number of nitrogens with one attached hydrogen (secondary N) is 4. The predicted octanol–water partition coefficient (Wildman–Crippen LogP) is 0.807. The molecule has 0 saturated heterocycles. The van der Waals surface area contributed by atoms with E-state index in [0.717, 1.165) is 0 Å².